The first-order chi connectivity index (χ1) is 16.0. The molecular weight excluding hydrogens is 434 g/mol. The zero-order valence-electron chi connectivity index (χ0n) is 18.3. The third kappa shape index (κ3) is 5.87. The summed E-state index contributed by atoms with van der Waals surface area (Å²) in [4.78, 5) is 31.6. The van der Waals surface area contributed by atoms with Gasteiger partial charge in [0.15, 0.2) is 5.16 Å². The largest absolute Gasteiger partial charge is 0.333 e. The van der Waals surface area contributed by atoms with Gasteiger partial charge in [0.1, 0.15) is 0 Å². The molecule has 166 valence electrons. The molecule has 0 bridgehead atoms. The Morgan fingerprint density at radius 3 is 2.52 bits per heavy atom. The Balaban J connectivity index is 1.34. The lowest BCUT2D eigenvalue weighted by Crippen LogP contribution is -2.19. The number of nitrogens with zero attached hydrogens (tertiary/aromatic N) is 2. The minimum Gasteiger partial charge on any atom is -0.333 e. The van der Waals surface area contributed by atoms with E-state index in [-0.39, 0.29) is 11.8 Å². The summed E-state index contributed by atoms with van der Waals surface area (Å²) < 4.78 is 0. The topological polar surface area (TPSA) is 99.2 Å². The van der Waals surface area contributed by atoms with Crippen LogP contribution in [0.25, 0.3) is 11.0 Å². The molecule has 3 N–H and O–H groups in total. The number of hydrogen-bond donors (Lipinski definition) is 3. The fourth-order valence-corrected chi connectivity index (χ4v) is 4.03. The first-order valence-corrected chi connectivity index (χ1v) is 11.4. The molecule has 0 aliphatic carbocycles. The predicted octanol–water partition coefficient (Wildman–Crippen LogP) is 4.97. The Labute approximate surface area is 195 Å². The van der Waals surface area contributed by atoms with Crippen molar-refractivity contribution in [3.05, 3.63) is 89.5 Å². The molecule has 0 unspecified atom stereocenters. The van der Waals surface area contributed by atoms with Crippen molar-refractivity contribution in [2.24, 2.45) is 5.10 Å². The summed E-state index contributed by atoms with van der Waals surface area (Å²) in [5, 5.41) is 7.80. The SMILES string of the molecule is CC(=O)Nc1cccc(/C(C)=N/NC(=O)c2ccc(CSc3nc4ccccc4[nH]3)cc2)c1. The van der Waals surface area contributed by atoms with Crippen molar-refractivity contribution in [2.45, 2.75) is 24.8 Å². The Morgan fingerprint density at radius 1 is 0.970 bits per heavy atom. The van der Waals surface area contributed by atoms with Crippen LogP contribution >= 0.6 is 11.8 Å². The number of thioether (sulfide) groups is 1. The third-order valence-electron chi connectivity index (χ3n) is 4.89. The average molecular weight is 458 g/mol. The van der Waals surface area contributed by atoms with Crippen LogP contribution in [0.5, 0.6) is 0 Å². The molecule has 0 saturated carbocycles. The van der Waals surface area contributed by atoms with Gasteiger partial charge in [-0.15, -0.1) is 0 Å². The molecular formula is C25H23N5O2S. The lowest BCUT2D eigenvalue weighted by Gasteiger charge is -2.07. The molecule has 1 aromatic heterocycles. The van der Waals surface area contributed by atoms with Gasteiger partial charge in [0.2, 0.25) is 5.91 Å². The van der Waals surface area contributed by atoms with E-state index in [9.17, 15) is 9.59 Å². The smallest absolute Gasteiger partial charge is 0.271 e. The number of anilines is 1. The number of fused-ring (bicyclic) bond motifs is 1. The number of para-hydroxylation sites is 2. The number of amides is 2. The second-order valence-electron chi connectivity index (χ2n) is 7.44. The Morgan fingerprint density at radius 2 is 1.76 bits per heavy atom. The average Bonchev–Trinajstić information content (AvgIpc) is 3.24. The van der Waals surface area contributed by atoms with Gasteiger partial charge in [-0.25, -0.2) is 10.4 Å². The molecule has 0 saturated heterocycles. The molecule has 0 aliphatic rings. The Kier molecular flexibility index (Phi) is 6.85. The van der Waals surface area contributed by atoms with Crippen molar-refractivity contribution in [1.82, 2.24) is 15.4 Å². The number of hydrazone groups is 1. The van der Waals surface area contributed by atoms with E-state index in [0.717, 1.165) is 33.1 Å². The fraction of sp³-hybridized carbons (Fsp3) is 0.120. The minimum atomic E-state index is -0.288. The molecule has 8 heteroatoms. The molecule has 7 nitrogen and oxygen atoms in total. The number of hydrogen-bond acceptors (Lipinski definition) is 5. The fourth-order valence-electron chi connectivity index (χ4n) is 3.19. The number of imidazole rings is 1. The van der Waals surface area contributed by atoms with E-state index in [0.29, 0.717) is 17.0 Å². The number of rotatable bonds is 7. The summed E-state index contributed by atoms with van der Waals surface area (Å²) in [7, 11) is 0. The van der Waals surface area contributed by atoms with Gasteiger partial charge >= 0.3 is 0 Å². The van der Waals surface area contributed by atoms with Crippen LogP contribution < -0.4 is 10.7 Å². The monoisotopic (exact) mass is 457 g/mol. The van der Waals surface area contributed by atoms with Gasteiger partial charge in [-0.05, 0) is 54.4 Å². The molecule has 0 aliphatic heterocycles. The molecule has 4 aromatic rings. The van der Waals surface area contributed by atoms with Crippen LogP contribution in [0.2, 0.25) is 0 Å². The molecule has 4 rings (SSSR count). The van der Waals surface area contributed by atoms with E-state index in [4.69, 9.17) is 0 Å². The van der Waals surface area contributed by atoms with Crippen molar-refractivity contribution in [3.63, 3.8) is 0 Å². The number of H-pyrrole nitrogens is 1. The summed E-state index contributed by atoms with van der Waals surface area (Å²) >= 11 is 1.61. The first-order valence-electron chi connectivity index (χ1n) is 10.4. The van der Waals surface area contributed by atoms with Crippen LogP contribution in [-0.2, 0) is 10.5 Å². The maximum absolute atomic E-state index is 12.5. The summed E-state index contributed by atoms with van der Waals surface area (Å²) in [5.74, 6) is 0.308. The van der Waals surface area contributed by atoms with Crippen molar-refractivity contribution < 1.29 is 9.59 Å². The number of aromatic amines is 1. The van der Waals surface area contributed by atoms with Crippen molar-refractivity contribution in [3.8, 4) is 0 Å². The van der Waals surface area contributed by atoms with Gasteiger partial charge in [0.05, 0.1) is 16.7 Å². The van der Waals surface area contributed by atoms with E-state index < -0.39 is 0 Å². The first kappa shape index (κ1) is 22.3. The summed E-state index contributed by atoms with van der Waals surface area (Å²) in [6.07, 6.45) is 0. The zero-order valence-corrected chi connectivity index (χ0v) is 19.1. The number of carbonyl (C=O) groups is 2. The quantitative estimate of drug-likeness (QED) is 0.207. The molecule has 0 radical (unpaired) electrons. The third-order valence-corrected chi connectivity index (χ3v) is 5.83. The maximum Gasteiger partial charge on any atom is 0.271 e. The normalized spacial score (nSPS) is 11.4. The second kappa shape index (κ2) is 10.1. The standard InChI is InChI=1S/C25H23N5O2S/c1-16(20-6-5-7-21(14-20)26-17(2)31)29-30-24(32)19-12-10-18(11-13-19)15-33-25-27-22-8-3-4-9-23(22)28-25/h3-14H,15H2,1-2H3,(H,26,31)(H,27,28)(H,30,32)/b29-16+. The van der Waals surface area contributed by atoms with Gasteiger partial charge in [-0.2, -0.15) is 5.10 Å². The molecule has 1 heterocycles. The van der Waals surface area contributed by atoms with E-state index in [1.54, 1.807) is 43.0 Å². The molecule has 2 amide bonds. The molecule has 0 atom stereocenters. The highest BCUT2D eigenvalue weighted by Gasteiger charge is 2.07. The Hall–Kier alpha value is -3.91. The van der Waals surface area contributed by atoms with Crippen molar-refractivity contribution >= 4 is 46.0 Å². The minimum absolute atomic E-state index is 0.144. The molecule has 3 aromatic carbocycles. The number of carbonyl (C=O) groups excluding carboxylic acids is 2. The van der Waals surface area contributed by atoms with E-state index in [1.807, 2.05) is 48.5 Å². The van der Waals surface area contributed by atoms with Crippen LogP contribution in [-0.4, -0.2) is 27.5 Å². The van der Waals surface area contributed by atoms with Crippen molar-refractivity contribution in [1.29, 1.82) is 0 Å². The maximum atomic E-state index is 12.5. The highest BCUT2D eigenvalue weighted by Crippen LogP contribution is 2.23. The number of aromatic nitrogens is 2. The highest BCUT2D eigenvalue weighted by atomic mass is 32.2. The predicted molar refractivity (Wildman–Crippen MR) is 133 cm³/mol. The summed E-state index contributed by atoms with van der Waals surface area (Å²) in [5.41, 5.74) is 8.29. The molecule has 0 fully saturated rings. The highest BCUT2D eigenvalue weighted by molar-refractivity contribution is 7.98. The lowest BCUT2D eigenvalue weighted by atomic mass is 10.1. The summed E-state index contributed by atoms with van der Waals surface area (Å²) in [6, 6.07) is 22.6. The molecule has 0 spiro atoms. The number of benzene rings is 3. The zero-order chi connectivity index (χ0) is 23.2. The second-order valence-corrected chi connectivity index (χ2v) is 8.41. The van der Waals surface area contributed by atoms with Crippen LogP contribution in [0.15, 0.2) is 83.1 Å². The number of nitrogens with one attached hydrogen (secondary N) is 3. The van der Waals surface area contributed by atoms with E-state index in [2.05, 4.69) is 25.8 Å². The van der Waals surface area contributed by atoms with E-state index >= 15 is 0 Å². The lowest BCUT2D eigenvalue weighted by molar-refractivity contribution is -0.114. The van der Waals surface area contributed by atoms with Crippen LogP contribution in [0.4, 0.5) is 5.69 Å². The van der Waals surface area contributed by atoms with Crippen LogP contribution in [0, 0.1) is 0 Å². The van der Waals surface area contributed by atoms with Crippen molar-refractivity contribution in [2.75, 3.05) is 5.32 Å². The van der Waals surface area contributed by atoms with Gasteiger partial charge < -0.3 is 10.3 Å². The van der Waals surface area contributed by atoms with Gasteiger partial charge in [0, 0.05) is 23.9 Å². The van der Waals surface area contributed by atoms with Gasteiger partial charge in [0.25, 0.3) is 5.91 Å². The summed E-state index contributed by atoms with van der Waals surface area (Å²) in [6.45, 7) is 3.25. The van der Waals surface area contributed by atoms with Crippen LogP contribution in [0.3, 0.4) is 0 Å². The van der Waals surface area contributed by atoms with Gasteiger partial charge in [-0.3, -0.25) is 9.59 Å². The van der Waals surface area contributed by atoms with Crippen LogP contribution in [0.1, 0.15) is 35.3 Å². The van der Waals surface area contributed by atoms with Gasteiger partial charge in [-0.1, -0.05) is 48.2 Å². The van der Waals surface area contributed by atoms with E-state index in [1.165, 1.54) is 6.92 Å². The molecule has 33 heavy (non-hydrogen) atoms. The Bertz CT molecular complexity index is 1300.